The maximum atomic E-state index is 11.3. The molecule has 19 heavy (non-hydrogen) atoms. The van der Waals surface area contributed by atoms with Gasteiger partial charge in [-0.15, -0.1) is 0 Å². The number of aromatic nitrogens is 1. The van der Waals surface area contributed by atoms with Crippen LogP contribution in [0.3, 0.4) is 0 Å². The van der Waals surface area contributed by atoms with Crippen molar-refractivity contribution in [3.63, 3.8) is 0 Å². The Morgan fingerprint density at radius 3 is 2.74 bits per heavy atom. The highest BCUT2D eigenvalue weighted by molar-refractivity contribution is 5.88. The van der Waals surface area contributed by atoms with E-state index in [1.165, 1.54) is 13.3 Å². The van der Waals surface area contributed by atoms with Crippen LogP contribution < -0.4 is 0 Å². The Labute approximate surface area is 113 Å². The average Bonchev–Trinajstić information content (AvgIpc) is 2.43. The van der Waals surface area contributed by atoms with E-state index in [2.05, 4.69) is 34.5 Å². The van der Waals surface area contributed by atoms with Gasteiger partial charge in [-0.3, -0.25) is 9.88 Å². The molecule has 1 aromatic rings. The summed E-state index contributed by atoms with van der Waals surface area (Å²) in [5.74, 6) is -0.385. The zero-order valence-corrected chi connectivity index (χ0v) is 11.6. The molecule has 0 unspecified atom stereocenters. The third-order valence-electron chi connectivity index (χ3n) is 2.85. The Kier molecular flexibility index (Phi) is 5.97. The van der Waals surface area contributed by atoms with Crippen molar-refractivity contribution in [1.82, 2.24) is 9.88 Å². The van der Waals surface area contributed by atoms with Crippen LogP contribution in [0.15, 0.2) is 18.3 Å². The quantitative estimate of drug-likeness (QED) is 0.733. The van der Waals surface area contributed by atoms with Gasteiger partial charge in [-0.25, -0.2) is 4.79 Å². The molecule has 0 saturated carbocycles. The fraction of sp³-hybridized carbons (Fsp3) is 0.500. The molecule has 0 saturated heterocycles. The highest BCUT2D eigenvalue weighted by Crippen LogP contribution is 2.08. The number of nitrogens with zero attached hydrogens (tertiary/aromatic N) is 3. The van der Waals surface area contributed by atoms with Crippen molar-refractivity contribution in [2.45, 2.75) is 32.9 Å². The first kappa shape index (κ1) is 15.1. The molecular formula is C14H19N3O2. The second-order valence-corrected chi connectivity index (χ2v) is 4.50. The molecule has 0 atom stereocenters. The van der Waals surface area contributed by atoms with Crippen LogP contribution in [0.1, 0.15) is 36.3 Å². The zero-order chi connectivity index (χ0) is 14.3. The van der Waals surface area contributed by atoms with Crippen LogP contribution in [-0.4, -0.2) is 35.5 Å². The van der Waals surface area contributed by atoms with Crippen molar-refractivity contribution >= 4 is 5.97 Å². The van der Waals surface area contributed by atoms with Crippen molar-refractivity contribution in [2.75, 3.05) is 13.7 Å². The number of hydrogen-bond acceptors (Lipinski definition) is 5. The van der Waals surface area contributed by atoms with Gasteiger partial charge in [0, 0.05) is 31.7 Å². The van der Waals surface area contributed by atoms with Crippen LogP contribution in [0.25, 0.3) is 0 Å². The predicted octanol–water partition coefficient (Wildman–Crippen LogP) is 1.99. The minimum atomic E-state index is -0.385. The number of carbonyl (C=O) groups excluding carboxylic acids is 1. The Bertz CT molecular complexity index is 449. The molecule has 0 radical (unpaired) electrons. The molecule has 1 aromatic heterocycles. The van der Waals surface area contributed by atoms with Crippen LogP contribution in [0.5, 0.6) is 0 Å². The summed E-state index contributed by atoms with van der Waals surface area (Å²) in [6, 6.07) is 6.01. The van der Waals surface area contributed by atoms with E-state index in [0.717, 1.165) is 5.69 Å². The SMILES string of the molecule is COC(=O)c1ccc(CN(CCC#N)C(C)C)nc1. The summed E-state index contributed by atoms with van der Waals surface area (Å²) in [5, 5.41) is 8.64. The van der Waals surface area contributed by atoms with Gasteiger partial charge >= 0.3 is 5.97 Å². The van der Waals surface area contributed by atoms with E-state index in [-0.39, 0.29) is 5.97 Å². The van der Waals surface area contributed by atoms with E-state index in [1.807, 2.05) is 6.07 Å². The van der Waals surface area contributed by atoms with E-state index < -0.39 is 0 Å². The van der Waals surface area contributed by atoms with Crippen molar-refractivity contribution in [3.05, 3.63) is 29.6 Å². The lowest BCUT2D eigenvalue weighted by atomic mass is 10.2. The number of hydrogen-bond donors (Lipinski definition) is 0. The van der Waals surface area contributed by atoms with Crippen LogP contribution in [0.2, 0.25) is 0 Å². The fourth-order valence-corrected chi connectivity index (χ4v) is 1.68. The van der Waals surface area contributed by atoms with E-state index in [0.29, 0.717) is 31.1 Å². The van der Waals surface area contributed by atoms with Gasteiger partial charge in [-0.2, -0.15) is 5.26 Å². The molecule has 0 aliphatic carbocycles. The number of carbonyl (C=O) groups is 1. The van der Waals surface area contributed by atoms with Crippen LogP contribution in [0.4, 0.5) is 0 Å². The summed E-state index contributed by atoms with van der Waals surface area (Å²) in [7, 11) is 1.35. The highest BCUT2D eigenvalue weighted by atomic mass is 16.5. The zero-order valence-electron chi connectivity index (χ0n) is 11.6. The van der Waals surface area contributed by atoms with Crippen molar-refractivity contribution in [1.29, 1.82) is 5.26 Å². The van der Waals surface area contributed by atoms with Crippen molar-refractivity contribution < 1.29 is 9.53 Å². The molecule has 1 rings (SSSR count). The second-order valence-electron chi connectivity index (χ2n) is 4.50. The molecule has 0 aromatic carbocycles. The molecule has 1 heterocycles. The van der Waals surface area contributed by atoms with Gasteiger partial charge in [0.1, 0.15) is 0 Å². The average molecular weight is 261 g/mol. The van der Waals surface area contributed by atoms with E-state index in [9.17, 15) is 4.79 Å². The topological polar surface area (TPSA) is 66.2 Å². The smallest absolute Gasteiger partial charge is 0.339 e. The Morgan fingerprint density at radius 2 is 2.26 bits per heavy atom. The fourth-order valence-electron chi connectivity index (χ4n) is 1.68. The lowest BCUT2D eigenvalue weighted by molar-refractivity contribution is 0.0600. The maximum absolute atomic E-state index is 11.3. The molecule has 0 fully saturated rings. The summed E-state index contributed by atoms with van der Waals surface area (Å²) < 4.78 is 4.62. The van der Waals surface area contributed by atoms with E-state index in [1.54, 1.807) is 6.07 Å². The number of pyridine rings is 1. The Hall–Kier alpha value is -1.93. The number of nitriles is 1. The molecule has 5 nitrogen and oxygen atoms in total. The summed E-state index contributed by atoms with van der Waals surface area (Å²) in [6.45, 7) is 5.55. The third kappa shape index (κ3) is 4.68. The number of methoxy groups -OCH3 is 1. The van der Waals surface area contributed by atoms with Crippen LogP contribution in [0, 0.1) is 11.3 Å². The van der Waals surface area contributed by atoms with Gasteiger partial charge in [-0.1, -0.05) is 0 Å². The first-order chi connectivity index (χ1) is 9.08. The summed E-state index contributed by atoms with van der Waals surface area (Å²) in [4.78, 5) is 17.7. The highest BCUT2D eigenvalue weighted by Gasteiger charge is 2.11. The molecule has 0 amide bonds. The van der Waals surface area contributed by atoms with E-state index >= 15 is 0 Å². The second kappa shape index (κ2) is 7.49. The summed E-state index contributed by atoms with van der Waals surface area (Å²) >= 11 is 0. The van der Waals surface area contributed by atoms with Crippen molar-refractivity contribution in [2.24, 2.45) is 0 Å². The molecule has 0 bridgehead atoms. The molecule has 5 heteroatoms. The number of rotatable bonds is 6. The lowest BCUT2D eigenvalue weighted by Crippen LogP contribution is -2.31. The van der Waals surface area contributed by atoms with Crippen LogP contribution in [-0.2, 0) is 11.3 Å². The van der Waals surface area contributed by atoms with Gasteiger partial charge < -0.3 is 4.74 Å². The normalized spacial score (nSPS) is 10.5. The Balaban J connectivity index is 2.70. The summed E-state index contributed by atoms with van der Waals surface area (Å²) in [5.41, 5.74) is 1.32. The minimum absolute atomic E-state index is 0.343. The van der Waals surface area contributed by atoms with Gasteiger partial charge in [-0.05, 0) is 26.0 Å². The minimum Gasteiger partial charge on any atom is -0.465 e. The van der Waals surface area contributed by atoms with Gasteiger partial charge in [0.15, 0.2) is 0 Å². The summed E-state index contributed by atoms with van der Waals surface area (Å²) in [6.07, 6.45) is 2.02. The molecule has 0 N–H and O–H groups in total. The van der Waals surface area contributed by atoms with Crippen molar-refractivity contribution in [3.8, 4) is 6.07 Å². The molecule has 0 spiro atoms. The number of esters is 1. The van der Waals surface area contributed by atoms with E-state index in [4.69, 9.17) is 5.26 Å². The molecule has 0 aliphatic heterocycles. The molecule has 0 aliphatic rings. The number of ether oxygens (including phenoxy) is 1. The monoisotopic (exact) mass is 261 g/mol. The van der Waals surface area contributed by atoms with Gasteiger partial charge in [0.2, 0.25) is 0 Å². The third-order valence-corrected chi connectivity index (χ3v) is 2.85. The first-order valence-corrected chi connectivity index (χ1v) is 6.22. The van der Waals surface area contributed by atoms with Crippen LogP contribution >= 0.6 is 0 Å². The first-order valence-electron chi connectivity index (χ1n) is 6.22. The maximum Gasteiger partial charge on any atom is 0.339 e. The van der Waals surface area contributed by atoms with Gasteiger partial charge in [0.25, 0.3) is 0 Å². The Morgan fingerprint density at radius 1 is 1.53 bits per heavy atom. The molecular weight excluding hydrogens is 242 g/mol. The largest absolute Gasteiger partial charge is 0.465 e. The predicted molar refractivity (Wildman–Crippen MR) is 71.4 cm³/mol. The van der Waals surface area contributed by atoms with Gasteiger partial charge in [0.05, 0.1) is 24.4 Å². The standard InChI is InChI=1S/C14H19N3O2/c1-11(2)17(8-4-7-15)10-13-6-5-12(9-16-13)14(18)19-3/h5-6,9,11H,4,8,10H2,1-3H3. The molecule has 102 valence electrons. The lowest BCUT2D eigenvalue weighted by Gasteiger charge is -2.24.